The summed E-state index contributed by atoms with van der Waals surface area (Å²) in [4.78, 5) is 0. The standard InChI is InChI=1S/C33H44F2O/c1-3-5-7-8-24-9-11-25(12-10-24)13-14-26-15-17-27(18-16-26)30-22-28-19-20-29(36-21-6-4-2)23-31(28)33(35)32(30)34/h4,6-8,19-20,22-27H,3,5,9-18,21H2,1-2H3/b6-4?,8-7+. The van der Waals surface area contributed by atoms with Gasteiger partial charge in [0.25, 0.3) is 0 Å². The first-order valence-electron chi connectivity index (χ1n) is 14.4. The van der Waals surface area contributed by atoms with Crippen LogP contribution in [0.2, 0.25) is 0 Å². The minimum Gasteiger partial charge on any atom is -0.490 e. The molecule has 2 aliphatic rings. The van der Waals surface area contributed by atoms with Crippen molar-refractivity contribution in [1.82, 2.24) is 0 Å². The summed E-state index contributed by atoms with van der Waals surface area (Å²) in [6.07, 6.45) is 23.4. The van der Waals surface area contributed by atoms with Gasteiger partial charge in [-0.25, -0.2) is 8.78 Å². The predicted octanol–water partition coefficient (Wildman–Crippen LogP) is 10.3. The minimum atomic E-state index is -0.735. The lowest BCUT2D eigenvalue weighted by molar-refractivity contribution is 0.245. The monoisotopic (exact) mass is 494 g/mol. The molecule has 1 nitrogen and oxygen atoms in total. The van der Waals surface area contributed by atoms with E-state index in [1.165, 1.54) is 51.4 Å². The van der Waals surface area contributed by atoms with Gasteiger partial charge < -0.3 is 4.74 Å². The fraction of sp³-hybridized carbons (Fsp3) is 0.576. The van der Waals surface area contributed by atoms with E-state index in [-0.39, 0.29) is 5.92 Å². The molecule has 3 heteroatoms. The van der Waals surface area contributed by atoms with Crippen molar-refractivity contribution >= 4 is 10.8 Å². The number of ether oxygens (including phenoxy) is 1. The highest BCUT2D eigenvalue weighted by molar-refractivity contribution is 5.85. The molecule has 0 aromatic heterocycles. The summed E-state index contributed by atoms with van der Waals surface area (Å²) in [6.45, 7) is 4.58. The van der Waals surface area contributed by atoms with Crippen molar-refractivity contribution in [3.8, 4) is 5.75 Å². The zero-order valence-corrected chi connectivity index (χ0v) is 22.3. The molecule has 2 aromatic rings. The Labute approximate surface area is 217 Å². The zero-order chi connectivity index (χ0) is 25.3. The van der Waals surface area contributed by atoms with Crippen LogP contribution in [-0.2, 0) is 0 Å². The fourth-order valence-corrected chi connectivity index (χ4v) is 6.31. The second-order valence-electron chi connectivity index (χ2n) is 11.1. The van der Waals surface area contributed by atoms with Gasteiger partial charge in [-0.2, -0.15) is 0 Å². The molecule has 0 bridgehead atoms. The topological polar surface area (TPSA) is 9.23 Å². The highest BCUT2D eigenvalue weighted by Gasteiger charge is 2.28. The largest absolute Gasteiger partial charge is 0.490 e. The first-order chi connectivity index (χ1) is 17.6. The number of allylic oxidation sites excluding steroid dienone is 3. The Kier molecular flexibility index (Phi) is 10.0. The van der Waals surface area contributed by atoms with Gasteiger partial charge in [0.15, 0.2) is 11.6 Å². The number of rotatable bonds is 10. The second-order valence-corrected chi connectivity index (χ2v) is 11.1. The van der Waals surface area contributed by atoms with Crippen molar-refractivity contribution in [2.75, 3.05) is 6.61 Å². The van der Waals surface area contributed by atoms with E-state index in [9.17, 15) is 0 Å². The van der Waals surface area contributed by atoms with Gasteiger partial charge >= 0.3 is 0 Å². The SMILES string of the molecule is CC=CCOc1ccc2cc(C3CCC(CCC4CCC(/C=C/CCC)CC4)CC3)c(F)c(F)c2c1. The Morgan fingerprint density at radius 3 is 2.22 bits per heavy atom. The summed E-state index contributed by atoms with van der Waals surface area (Å²) in [7, 11) is 0. The normalized spacial score (nSPS) is 25.2. The van der Waals surface area contributed by atoms with E-state index in [0.717, 1.165) is 48.8 Å². The third kappa shape index (κ3) is 6.99. The highest BCUT2D eigenvalue weighted by atomic mass is 19.2. The Morgan fingerprint density at radius 1 is 0.861 bits per heavy atom. The van der Waals surface area contributed by atoms with Crippen LogP contribution < -0.4 is 4.74 Å². The average molecular weight is 495 g/mol. The first-order valence-corrected chi connectivity index (χ1v) is 14.4. The van der Waals surface area contributed by atoms with Crippen LogP contribution in [0.15, 0.2) is 48.6 Å². The molecular formula is C33H44F2O. The molecule has 2 fully saturated rings. The Balaban J connectivity index is 1.28. The quantitative estimate of drug-likeness (QED) is 0.298. The van der Waals surface area contributed by atoms with Gasteiger partial charge in [-0.15, -0.1) is 0 Å². The molecule has 0 atom stereocenters. The highest BCUT2D eigenvalue weighted by Crippen LogP contribution is 2.42. The molecule has 0 amide bonds. The molecule has 0 N–H and O–H groups in total. The lowest BCUT2D eigenvalue weighted by atomic mass is 9.74. The molecular weight excluding hydrogens is 450 g/mol. The maximum atomic E-state index is 15.1. The van der Waals surface area contributed by atoms with Crippen molar-refractivity contribution < 1.29 is 13.5 Å². The summed E-state index contributed by atoms with van der Waals surface area (Å²) < 4.78 is 35.8. The second kappa shape index (κ2) is 13.4. The van der Waals surface area contributed by atoms with Crippen LogP contribution in [0.25, 0.3) is 10.8 Å². The van der Waals surface area contributed by atoms with E-state index < -0.39 is 11.6 Å². The van der Waals surface area contributed by atoms with Gasteiger partial charge in [0, 0.05) is 5.39 Å². The molecule has 2 saturated carbocycles. The molecule has 4 rings (SSSR count). The Bertz CT molecular complexity index is 1020. The predicted molar refractivity (Wildman–Crippen MR) is 148 cm³/mol. The van der Waals surface area contributed by atoms with E-state index in [4.69, 9.17) is 4.74 Å². The smallest absolute Gasteiger partial charge is 0.167 e. The average Bonchev–Trinajstić information content (AvgIpc) is 2.91. The van der Waals surface area contributed by atoms with Crippen molar-refractivity contribution in [2.45, 2.75) is 96.8 Å². The molecule has 2 aliphatic carbocycles. The van der Waals surface area contributed by atoms with Gasteiger partial charge in [0.1, 0.15) is 12.4 Å². The number of fused-ring (bicyclic) bond motifs is 1. The maximum absolute atomic E-state index is 15.1. The molecule has 0 aliphatic heterocycles. The summed E-state index contributed by atoms with van der Waals surface area (Å²) in [5, 5.41) is 1.06. The third-order valence-corrected chi connectivity index (χ3v) is 8.63. The zero-order valence-electron chi connectivity index (χ0n) is 22.3. The van der Waals surface area contributed by atoms with Crippen LogP contribution in [0.4, 0.5) is 8.78 Å². The summed E-state index contributed by atoms with van der Waals surface area (Å²) in [5.41, 5.74) is 0.565. The van der Waals surface area contributed by atoms with Crippen LogP contribution in [0.3, 0.4) is 0 Å². The molecule has 0 saturated heterocycles. The summed E-state index contributed by atoms with van der Waals surface area (Å²) >= 11 is 0. The van der Waals surface area contributed by atoms with Gasteiger partial charge in [-0.05, 0) is 118 Å². The molecule has 0 heterocycles. The third-order valence-electron chi connectivity index (χ3n) is 8.63. The van der Waals surface area contributed by atoms with Gasteiger partial charge in [-0.1, -0.05) is 56.6 Å². The molecule has 196 valence electrons. The van der Waals surface area contributed by atoms with Gasteiger partial charge in [0.05, 0.1) is 0 Å². The Hall–Kier alpha value is -2.16. The number of hydrogen-bond donors (Lipinski definition) is 0. The number of hydrogen-bond acceptors (Lipinski definition) is 1. The number of unbranched alkanes of at least 4 members (excludes halogenated alkanes) is 1. The van der Waals surface area contributed by atoms with E-state index in [2.05, 4.69) is 19.1 Å². The number of halogens is 2. The van der Waals surface area contributed by atoms with Crippen LogP contribution in [0.5, 0.6) is 5.75 Å². The van der Waals surface area contributed by atoms with E-state index in [1.807, 2.05) is 37.3 Å². The van der Waals surface area contributed by atoms with E-state index >= 15 is 8.78 Å². The molecule has 0 unspecified atom stereocenters. The molecule has 0 spiro atoms. The lowest BCUT2D eigenvalue weighted by Gasteiger charge is -2.32. The van der Waals surface area contributed by atoms with Crippen molar-refractivity contribution in [2.24, 2.45) is 17.8 Å². The van der Waals surface area contributed by atoms with Gasteiger partial charge in [-0.3, -0.25) is 0 Å². The Morgan fingerprint density at radius 2 is 1.56 bits per heavy atom. The molecule has 0 radical (unpaired) electrons. The van der Waals surface area contributed by atoms with E-state index in [1.54, 1.807) is 6.07 Å². The van der Waals surface area contributed by atoms with Crippen molar-refractivity contribution in [1.29, 1.82) is 0 Å². The fourth-order valence-electron chi connectivity index (χ4n) is 6.31. The van der Waals surface area contributed by atoms with Gasteiger partial charge in [0.2, 0.25) is 0 Å². The summed E-state index contributed by atoms with van der Waals surface area (Å²) in [6, 6.07) is 7.19. The van der Waals surface area contributed by atoms with Crippen molar-refractivity contribution in [3.63, 3.8) is 0 Å². The molecule has 2 aromatic carbocycles. The summed E-state index contributed by atoms with van der Waals surface area (Å²) in [5.74, 6) is 1.72. The van der Waals surface area contributed by atoms with E-state index in [0.29, 0.717) is 23.3 Å². The van der Waals surface area contributed by atoms with Crippen LogP contribution in [0, 0.1) is 29.4 Å². The first kappa shape index (κ1) is 26.9. The minimum absolute atomic E-state index is 0.121. The lowest BCUT2D eigenvalue weighted by Crippen LogP contribution is -2.18. The van der Waals surface area contributed by atoms with Crippen LogP contribution in [-0.4, -0.2) is 6.61 Å². The van der Waals surface area contributed by atoms with Crippen LogP contribution in [0.1, 0.15) is 102 Å². The number of benzene rings is 2. The maximum Gasteiger partial charge on any atom is 0.167 e. The van der Waals surface area contributed by atoms with Crippen molar-refractivity contribution in [3.05, 3.63) is 65.8 Å². The van der Waals surface area contributed by atoms with Crippen LogP contribution >= 0.6 is 0 Å². The molecule has 36 heavy (non-hydrogen) atoms.